The smallest absolute Gasteiger partial charge is 0.308 e. The first-order chi connectivity index (χ1) is 10.1. The van der Waals surface area contributed by atoms with Crippen molar-refractivity contribution in [2.75, 3.05) is 13.1 Å². The number of rotatable bonds is 5. The first-order valence-corrected chi connectivity index (χ1v) is 7.25. The second-order valence-corrected chi connectivity index (χ2v) is 5.40. The molecule has 2 rings (SSSR count). The van der Waals surface area contributed by atoms with Gasteiger partial charge in [-0.1, -0.05) is 30.3 Å². The van der Waals surface area contributed by atoms with E-state index in [-0.39, 0.29) is 12.5 Å². The van der Waals surface area contributed by atoms with Crippen LogP contribution in [0.5, 0.6) is 0 Å². The van der Waals surface area contributed by atoms with Crippen molar-refractivity contribution in [3.8, 4) is 0 Å². The van der Waals surface area contributed by atoms with Crippen molar-refractivity contribution in [2.24, 2.45) is 5.92 Å². The molecule has 1 aliphatic heterocycles. The number of aliphatic carboxylic acids is 1. The van der Waals surface area contributed by atoms with Crippen molar-refractivity contribution in [3.05, 3.63) is 35.9 Å². The van der Waals surface area contributed by atoms with Gasteiger partial charge in [-0.3, -0.25) is 9.59 Å². The lowest BCUT2D eigenvalue weighted by Crippen LogP contribution is -2.46. The fourth-order valence-electron chi connectivity index (χ4n) is 2.50. The molecule has 1 aromatic carbocycles. The maximum absolute atomic E-state index is 12.3. The fraction of sp³-hybridized carbons (Fsp3) is 0.500. The molecule has 2 atom stereocenters. The van der Waals surface area contributed by atoms with Crippen LogP contribution >= 0.6 is 0 Å². The zero-order valence-corrected chi connectivity index (χ0v) is 12.2. The molecule has 0 aliphatic carbocycles. The second-order valence-electron chi connectivity index (χ2n) is 5.40. The molecule has 114 valence electrons. The molecule has 0 saturated carbocycles. The molecule has 1 aliphatic rings. The number of carbonyl (C=O) groups is 2. The van der Waals surface area contributed by atoms with Crippen molar-refractivity contribution >= 4 is 11.9 Å². The predicted molar refractivity (Wildman–Crippen MR) is 77.6 cm³/mol. The lowest BCUT2D eigenvalue weighted by atomic mass is 9.98. The highest BCUT2D eigenvalue weighted by atomic mass is 16.5. The topological polar surface area (TPSA) is 66.8 Å². The van der Waals surface area contributed by atoms with Gasteiger partial charge in [-0.2, -0.15) is 0 Å². The molecule has 1 fully saturated rings. The number of likely N-dealkylation sites (tertiary alicyclic amines) is 1. The molecule has 0 unspecified atom stereocenters. The fourth-order valence-corrected chi connectivity index (χ4v) is 2.50. The Kier molecular flexibility index (Phi) is 5.33. The summed E-state index contributed by atoms with van der Waals surface area (Å²) in [4.78, 5) is 24.9. The quantitative estimate of drug-likeness (QED) is 0.900. The van der Waals surface area contributed by atoms with Crippen LogP contribution in [0.15, 0.2) is 30.3 Å². The highest BCUT2D eigenvalue weighted by Crippen LogP contribution is 2.18. The van der Waals surface area contributed by atoms with Gasteiger partial charge in [0.2, 0.25) is 0 Å². The number of hydrogen-bond donors (Lipinski definition) is 1. The third-order valence-corrected chi connectivity index (χ3v) is 3.77. The number of amides is 1. The first-order valence-electron chi connectivity index (χ1n) is 7.25. The molecule has 1 aromatic rings. The van der Waals surface area contributed by atoms with Crippen LogP contribution in [0.4, 0.5) is 0 Å². The third-order valence-electron chi connectivity index (χ3n) is 3.77. The van der Waals surface area contributed by atoms with Crippen molar-refractivity contribution < 1.29 is 19.4 Å². The summed E-state index contributed by atoms with van der Waals surface area (Å²) in [6.45, 7) is 2.99. The number of hydrogen-bond acceptors (Lipinski definition) is 3. The Balaban J connectivity index is 1.85. The van der Waals surface area contributed by atoms with Crippen LogP contribution in [-0.2, 0) is 20.9 Å². The summed E-state index contributed by atoms with van der Waals surface area (Å²) < 4.78 is 5.60. The Hall–Kier alpha value is -1.88. The van der Waals surface area contributed by atoms with Crippen molar-refractivity contribution in [1.29, 1.82) is 0 Å². The Morgan fingerprint density at radius 2 is 2.10 bits per heavy atom. The van der Waals surface area contributed by atoms with E-state index in [1.165, 1.54) is 0 Å². The molecule has 1 heterocycles. The monoisotopic (exact) mass is 291 g/mol. The van der Waals surface area contributed by atoms with E-state index in [0.717, 1.165) is 12.0 Å². The third kappa shape index (κ3) is 4.29. The van der Waals surface area contributed by atoms with Crippen molar-refractivity contribution in [2.45, 2.75) is 32.5 Å². The van der Waals surface area contributed by atoms with E-state index in [9.17, 15) is 9.59 Å². The van der Waals surface area contributed by atoms with Gasteiger partial charge >= 0.3 is 5.97 Å². The summed E-state index contributed by atoms with van der Waals surface area (Å²) in [6.07, 6.45) is 0.810. The molecular weight excluding hydrogens is 270 g/mol. The van der Waals surface area contributed by atoms with E-state index >= 15 is 0 Å². The number of carbonyl (C=O) groups excluding carboxylic acids is 1. The summed E-state index contributed by atoms with van der Waals surface area (Å²) in [5.74, 6) is -1.41. The molecule has 0 bridgehead atoms. The minimum atomic E-state index is -0.828. The Bertz CT molecular complexity index is 488. The van der Waals surface area contributed by atoms with Gasteiger partial charge in [-0.15, -0.1) is 0 Å². The van der Waals surface area contributed by atoms with Gasteiger partial charge in [0.15, 0.2) is 0 Å². The molecular formula is C16H21NO4. The zero-order chi connectivity index (χ0) is 15.2. The molecule has 21 heavy (non-hydrogen) atoms. The number of ether oxygens (including phenoxy) is 1. The minimum Gasteiger partial charge on any atom is -0.481 e. The van der Waals surface area contributed by atoms with Gasteiger partial charge in [0, 0.05) is 13.1 Å². The number of carboxylic acid groups (broad SMARTS) is 1. The SMILES string of the molecule is C[C@H](OCc1ccccc1)C(=O)N1CCC[C@H](C(=O)O)C1. The van der Waals surface area contributed by atoms with Crippen molar-refractivity contribution in [3.63, 3.8) is 0 Å². The molecule has 1 N–H and O–H groups in total. The maximum atomic E-state index is 12.3. The standard InChI is InChI=1S/C16H21NO4/c1-12(21-11-13-6-3-2-4-7-13)15(18)17-9-5-8-14(10-17)16(19)20/h2-4,6-7,12,14H,5,8-11H2,1H3,(H,19,20)/t12-,14-/m0/s1. The number of carboxylic acids is 1. The molecule has 0 spiro atoms. The first kappa shape index (κ1) is 15.5. The van der Waals surface area contributed by atoms with Crippen molar-refractivity contribution in [1.82, 2.24) is 4.90 Å². The van der Waals surface area contributed by atoms with Gasteiger partial charge in [-0.05, 0) is 25.3 Å². The van der Waals surface area contributed by atoms with E-state index in [1.54, 1.807) is 11.8 Å². The van der Waals surface area contributed by atoms with Crippen LogP contribution in [0.1, 0.15) is 25.3 Å². The lowest BCUT2D eigenvalue weighted by Gasteiger charge is -2.32. The summed E-state index contributed by atoms with van der Waals surface area (Å²) >= 11 is 0. The average molecular weight is 291 g/mol. The van der Waals surface area contributed by atoms with E-state index in [1.807, 2.05) is 30.3 Å². The van der Waals surface area contributed by atoms with Crippen LogP contribution in [-0.4, -0.2) is 41.1 Å². The van der Waals surface area contributed by atoms with Crippen LogP contribution in [0.2, 0.25) is 0 Å². The van der Waals surface area contributed by atoms with E-state index in [2.05, 4.69) is 0 Å². The number of nitrogens with zero attached hydrogens (tertiary/aromatic N) is 1. The van der Waals surface area contributed by atoms with E-state index in [0.29, 0.717) is 19.6 Å². The molecule has 1 amide bonds. The van der Waals surface area contributed by atoms with E-state index in [4.69, 9.17) is 9.84 Å². The van der Waals surface area contributed by atoms with Crippen LogP contribution < -0.4 is 0 Å². The number of benzene rings is 1. The normalized spacial score (nSPS) is 20.0. The predicted octanol–water partition coefficient (Wildman–Crippen LogP) is 1.91. The summed E-state index contributed by atoms with van der Waals surface area (Å²) in [5, 5.41) is 9.06. The van der Waals surface area contributed by atoms with Crippen LogP contribution in [0, 0.1) is 5.92 Å². The number of piperidine rings is 1. The lowest BCUT2D eigenvalue weighted by molar-refractivity contribution is -0.150. The van der Waals surface area contributed by atoms with Gasteiger partial charge < -0.3 is 14.7 Å². The summed E-state index contributed by atoms with van der Waals surface area (Å²) in [7, 11) is 0. The van der Waals surface area contributed by atoms with Gasteiger partial charge in [0.25, 0.3) is 5.91 Å². The van der Waals surface area contributed by atoms with Gasteiger partial charge in [-0.25, -0.2) is 0 Å². The molecule has 0 aromatic heterocycles. The molecule has 5 nitrogen and oxygen atoms in total. The van der Waals surface area contributed by atoms with Gasteiger partial charge in [0.05, 0.1) is 12.5 Å². The van der Waals surface area contributed by atoms with Gasteiger partial charge in [0.1, 0.15) is 6.10 Å². The average Bonchev–Trinajstić information content (AvgIpc) is 2.53. The molecule has 1 saturated heterocycles. The highest BCUT2D eigenvalue weighted by molar-refractivity contribution is 5.81. The zero-order valence-electron chi connectivity index (χ0n) is 12.2. The molecule has 5 heteroatoms. The second kappa shape index (κ2) is 7.22. The maximum Gasteiger partial charge on any atom is 0.308 e. The Morgan fingerprint density at radius 1 is 1.38 bits per heavy atom. The Morgan fingerprint density at radius 3 is 2.76 bits per heavy atom. The Labute approximate surface area is 124 Å². The summed E-state index contributed by atoms with van der Waals surface area (Å²) in [5.41, 5.74) is 1.01. The summed E-state index contributed by atoms with van der Waals surface area (Å²) in [6, 6.07) is 9.66. The van der Waals surface area contributed by atoms with E-state index < -0.39 is 18.0 Å². The largest absolute Gasteiger partial charge is 0.481 e. The van der Waals surface area contributed by atoms with Crippen LogP contribution in [0.3, 0.4) is 0 Å². The van der Waals surface area contributed by atoms with Crippen LogP contribution in [0.25, 0.3) is 0 Å². The minimum absolute atomic E-state index is 0.128. The highest BCUT2D eigenvalue weighted by Gasteiger charge is 2.30. The molecule has 0 radical (unpaired) electrons.